The van der Waals surface area contributed by atoms with E-state index in [9.17, 15) is 9.90 Å². The highest BCUT2D eigenvalue weighted by atomic mass is 16.4. The summed E-state index contributed by atoms with van der Waals surface area (Å²) >= 11 is 0. The van der Waals surface area contributed by atoms with Gasteiger partial charge < -0.3 is 15.4 Å². The van der Waals surface area contributed by atoms with Crippen LogP contribution >= 0.6 is 0 Å². The molecule has 1 unspecified atom stereocenters. The van der Waals surface area contributed by atoms with Crippen molar-refractivity contribution in [1.82, 2.24) is 9.55 Å². The summed E-state index contributed by atoms with van der Waals surface area (Å²) in [5.41, 5.74) is 7.16. The lowest BCUT2D eigenvalue weighted by molar-refractivity contribution is 0.0689. The van der Waals surface area contributed by atoms with Crippen molar-refractivity contribution in [3.63, 3.8) is 0 Å². The van der Waals surface area contributed by atoms with Gasteiger partial charge in [0.15, 0.2) is 5.69 Å². The number of carbonyl (C=O) groups is 1. The lowest BCUT2D eigenvalue weighted by Gasteiger charge is -2.30. The molecule has 1 fully saturated rings. The van der Waals surface area contributed by atoms with Crippen molar-refractivity contribution in [3.8, 4) is 0 Å². The van der Waals surface area contributed by atoms with Crippen molar-refractivity contribution >= 4 is 5.97 Å². The number of nitrogens with two attached hydrogens (primary N) is 1. The molecule has 17 heavy (non-hydrogen) atoms. The highest BCUT2D eigenvalue weighted by Crippen LogP contribution is 2.39. The molecule has 3 N–H and O–H groups in total. The minimum absolute atomic E-state index is 0.0880. The molecule has 5 heteroatoms. The molecular formula is C12H17N3O2. The molecule has 1 atom stereocenters. The second-order valence-electron chi connectivity index (χ2n) is 5.03. The highest BCUT2D eigenvalue weighted by molar-refractivity contribution is 5.87. The molecule has 2 heterocycles. The monoisotopic (exact) mass is 235 g/mol. The predicted octanol–water partition coefficient (Wildman–Crippen LogP) is 1.64. The van der Waals surface area contributed by atoms with Crippen LogP contribution in [0.25, 0.3) is 0 Å². The standard InChI is InChI=1S/C12H17N3O2/c13-9-6-2-5-8-10(12(16)17)14-11(15(8)9)7-3-1-4-7/h7,9H,1-6,13H2,(H,16,17). The molecule has 1 saturated carbocycles. The van der Waals surface area contributed by atoms with Crippen LogP contribution in [-0.2, 0) is 6.42 Å². The Morgan fingerprint density at radius 3 is 2.71 bits per heavy atom. The third-order valence-electron chi connectivity index (χ3n) is 3.96. The van der Waals surface area contributed by atoms with Crippen molar-refractivity contribution < 1.29 is 9.90 Å². The summed E-state index contributed by atoms with van der Waals surface area (Å²) in [5.74, 6) is 0.412. The van der Waals surface area contributed by atoms with E-state index in [-0.39, 0.29) is 11.9 Å². The fourth-order valence-electron chi connectivity index (χ4n) is 2.83. The van der Waals surface area contributed by atoms with Gasteiger partial charge in [-0.1, -0.05) is 6.42 Å². The molecule has 92 valence electrons. The Morgan fingerprint density at radius 2 is 2.12 bits per heavy atom. The van der Waals surface area contributed by atoms with Crippen molar-refractivity contribution in [2.24, 2.45) is 5.73 Å². The van der Waals surface area contributed by atoms with E-state index in [1.54, 1.807) is 0 Å². The van der Waals surface area contributed by atoms with Crippen LogP contribution in [0.2, 0.25) is 0 Å². The van der Waals surface area contributed by atoms with E-state index < -0.39 is 5.97 Å². The average molecular weight is 235 g/mol. The van der Waals surface area contributed by atoms with Gasteiger partial charge in [0.1, 0.15) is 5.82 Å². The number of fused-ring (bicyclic) bond motifs is 1. The quantitative estimate of drug-likeness (QED) is 0.816. The smallest absolute Gasteiger partial charge is 0.356 e. The molecule has 0 saturated heterocycles. The minimum Gasteiger partial charge on any atom is -0.476 e. The minimum atomic E-state index is -0.923. The lowest BCUT2D eigenvalue weighted by atomic mass is 9.84. The van der Waals surface area contributed by atoms with E-state index in [1.807, 2.05) is 4.57 Å². The molecule has 0 radical (unpaired) electrons. The molecule has 2 aliphatic rings. The molecule has 0 aromatic carbocycles. The summed E-state index contributed by atoms with van der Waals surface area (Å²) in [6.07, 6.45) is 6.01. The summed E-state index contributed by atoms with van der Waals surface area (Å²) in [7, 11) is 0. The maximum absolute atomic E-state index is 11.2. The highest BCUT2D eigenvalue weighted by Gasteiger charge is 2.33. The number of aromatic nitrogens is 2. The molecule has 1 aliphatic carbocycles. The van der Waals surface area contributed by atoms with Gasteiger partial charge in [0.25, 0.3) is 0 Å². The average Bonchev–Trinajstić information content (AvgIpc) is 2.56. The van der Waals surface area contributed by atoms with Gasteiger partial charge in [-0.2, -0.15) is 0 Å². The molecule has 1 aromatic heterocycles. The van der Waals surface area contributed by atoms with Crippen molar-refractivity contribution in [3.05, 3.63) is 17.2 Å². The van der Waals surface area contributed by atoms with Gasteiger partial charge in [-0.25, -0.2) is 9.78 Å². The van der Waals surface area contributed by atoms with Crippen LogP contribution in [0.4, 0.5) is 0 Å². The molecule has 5 nitrogen and oxygen atoms in total. The van der Waals surface area contributed by atoms with E-state index in [2.05, 4.69) is 4.98 Å². The Morgan fingerprint density at radius 1 is 1.35 bits per heavy atom. The van der Waals surface area contributed by atoms with Gasteiger partial charge >= 0.3 is 5.97 Å². The third-order valence-corrected chi connectivity index (χ3v) is 3.96. The number of imidazole rings is 1. The zero-order chi connectivity index (χ0) is 12.0. The van der Waals surface area contributed by atoms with Crippen molar-refractivity contribution in [1.29, 1.82) is 0 Å². The van der Waals surface area contributed by atoms with Crippen LogP contribution in [0.5, 0.6) is 0 Å². The normalized spacial score (nSPS) is 24.2. The SMILES string of the molecule is NC1CCCc2c(C(=O)O)nc(C3CCC3)n21. The molecule has 1 aliphatic heterocycles. The van der Waals surface area contributed by atoms with E-state index in [1.165, 1.54) is 6.42 Å². The Balaban J connectivity index is 2.11. The molecular weight excluding hydrogens is 218 g/mol. The maximum atomic E-state index is 11.2. The van der Waals surface area contributed by atoms with Crippen molar-refractivity contribution in [2.75, 3.05) is 0 Å². The van der Waals surface area contributed by atoms with Gasteiger partial charge in [-0.3, -0.25) is 0 Å². The zero-order valence-electron chi connectivity index (χ0n) is 9.72. The van der Waals surface area contributed by atoms with Gasteiger partial charge in [0, 0.05) is 5.92 Å². The summed E-state index contributed by atoms with van der Waals surface area (Å²) in [6.45, 7) is 0. The topological polar surface area (TPSA) is 81.1 Å². The maximum Gasteiger partial charge on any atom is 0.356 e. The Labute approximate surface area is 99.6 Å². The number of rotatable bonds is 2. The first kappa shape index (κ1) is 10.8. The summed E-state index contributed by atoms with van der Waals surface area (Å²) in [5, 5.41) is 9.20. The van der Waals surface area contributed by atoms with Crippen LogP contribution in [0, 0.1) is 0 Å². The van der Waals surface area contributed by atoms with E-state index in [4.69, 9.17) is 5.73 Å². The molecule has 0 amide bonds. The molecule has 3 rings (SSSR count). The number of hydrogen-bond donors (Lipinski definition) is 2. The third kappa shape index (κ3) is 1.57. The van der Waals surface area contributed by atoms with Crippen LogP contribution in [0.15, 0.2) is 0 Å². The van der Waals surface area contributed by atoms with Crippen LogP contribution in [-0.4, -0.2) is 20.6 Å². The second-order valence-corrected chi connectivity index (χ2v) is 5.03. The predicted molar refractivity (Wildman–Crippen MR) is 61.9 cm³/mol. The first-order chi connectivity index (χ1) is 8.18. The largest absolute Gasteiger partial charge is 0.476 e. The first-order valence-electron chi connectivity index (χ1n) is 6.28. The van der Waals surface area contributed by atoms with Crippen LogP contribution < -0.4 is 5.73 Å². The lowest BCUT2D eigenvalue weighted by Crippen LogP contribution is -2.28. The summed E-state index contributed by atoms with van der Waals surface area (Å²) in [6, 6.07) is 0. The first-order valence-corrected chi connectivity index (χ1v) is 6.28. The van der Waals surface area contributed by atoms with Crippen LogP contribution in [0.1, 0.15) is 66.2 Å². The number of nitrogens with zero attached hydrogens (tertiary/aromatic N) is 2. The zero-order valence-corrected chi connectivity index (χ0v) is 9.72. The fourth-order valence-corrected chi connectivity index (χ4v) is 2.83. The van der Waals surface area contributed by atoms with E-state index >= 15 is 0 Å². The van der Waals surface area contributed by atoms with Gasteiger partial charge in [-0.05, 0) is 32.1 Å². The van der Waals surface area contributed by atoms with Crippen molar-refractivity contribution in [2.45, 2.75) is 50.6 Å². The molecule has 0 spiro atoms. The number of carboxylic acids is 1. The number of carboxylic acid groups (broad SMARTS) is 1. The second kappa shape index (κ2) is 3.84. The molecule has 0 bridgehead atoms. The van der Waals surface area contributed by atoms with Gasteiger partial charge in [0.05, 0.1) is 11.9 Å². The Bertz CT molecular complexity index is 463. The summed E-state index contributed by atoms with van der Waals surface area (Å²) < 4.78 is 2.00. The Hall–Kier alpha value is -1.36. The molecule has 1 aromatic rings. The Kier molecular flexibility index (Phi) is 2.43. The number of hydrogen-bond acceptors (Lipinski definition) is 3. The fraction of sp³-hybridized carbons (Fsp3) is 0.667. The van der Waals surface area contributed by atoms with E-state index in [0.717, 1.165) is 43.6 Å². The van der Waals surface area contributed by atoms with Gasteiger partial charge in [0.2, 0.25) is 0 Å². The van der Waals surface area contributed by atoms with Crippen LogP contribution in [0.3, 0.4) is 0 Å². The van der Waals surface area contributed by atoms with E-state index in [0.29, 0.717) is 5.92 Å². The summed E-state index contributed by atoms with van der Waals surface area (Å²) in [4.78, 5) is 15.6. The van der Waals surface area contributed by atoms with Gasteiger partial charge in [-0.15, -0.1) is 0 Å². The number of aromatic carboxylic acids is 1.